The Labute approximate surface area is 157 Å². The minimum absolute atomic E-state index is 0.0316. The molecule has 0 radical (unpaired) electrons. The number of ketones is 1. The molecule has 1 aliphatic rings. The molecule has 0 fully saturated rings. The lowest BCUT2D eigenvalue weighted by atomic mass is 10.1. The number of pyridine rings is 1. The molecule has 4 rings (SSSR count). The molecule has 1 aromatic heterocycles. The van der Waals surface area contributed by atoms with Gasteiger partial charge in [-0.15, -0.1) is 0 Å². The highest BCUT2D eigenvalue weighted by Gasteiger charge is 2.39. The molecule has 2 aromatic carbocycles. The van der Waals surface area contributed by atoms with Gasteiger partial charge in [-0.05, 0) is 35.9 Å². The van der Waals surface area contributed by atoms with Crippen molar-refractivity contribution in [2.75, 3.05) is 0 Å². The van der Waals surface area contributed by atoms with E-state index in [-0.39, 0.29) is 28.5 Å². The number of fused-ring (bicyclic) bond motifs is 1. The van der Waals surface area contributed by atoms with E-state index in [9.17, 15) is 13.2 Å². The highest BCUT2D eigenvalue weighted by molar-refractivity contribution is 7.89. The second-order valence-electron chi connectivity index (χ2n) is 6.11. The summed E-state index contributed by atoms with van der Waals surface area (Å²) in [4.78, 5) is 17.3. The number of allylic oxidation sites excluding steroid dienone is 1. The zero-order chi connectivity index (χ0) is 18.9. The lowest BCUT2D eigenvalue weighted by Crippen LogP contribution is -2.38. The smallest absolute Gasteiger partial charge is 0.265 e. The van der Waals surface area contributed by atoms with Crippen LogP contribution in [0, 0.1) is 0 Å². The monoisotopic (exact) mass is 376 g/mol. The number of sulfonamides is 1. The van der Waals surface area contributed by atoms with Gasteiger partial charge in [-0.25, -0.2) is 8.42 Å². The number of hydrogen-bond donors (Lipinski definition) is 0. The number of aromatic nitrogens is 1. The average Bonchev–Trinajstić information content (AvgIpc) is 2.71. The zero-order valence-electron chi connectivity index (χ0n) is 14.3. The summed E-state index contributed by atoms with van der Waals surface area (Å²) in [7, 11) is -3.87. The van der Waals surface area contributed by atoms with Gasteiger partial charge >= 0.3 is 0 Å². The van der Waals surface area contributed by atoms with E-state index in [4.69, 9.17) is 0 Å². The molecule has 0 spiro atoms. The Morgan fingerprint density at radius 2 is 1.59 bits per heavy atom. The van der Waals surface area contributed by atoms with Crippen molar-refractivity contribution in [2.45, 2.75) is 11.4 Å². The van der Waals surface area contributed by atoms with Crippen LogP contribution in [-0.2, 0) is 16.6 Å². The van der Waals surface area contributed by atoms with Crippen LogP contribution in [0.15, 0.2) is 89.6 Å². The lowest BCUT2D eigenvalue weighted by Gasteiger charge is -2.31. The first-order chi connectivity index (χ1) is 13.1. The minimum Gasteiger partial charge on any atom is -0.287 e. The van der Waals surface area contributed by atoms with Crippen LogP contribution in [-0.4, -0.2) is 23.5 Å². The van der Waals surface area contributed by atoms with Gasteiger partial charge in [0.25, 0.3) is 10.0 Å². The molecule has 5 nitrogen and oxygen atoms in total. The van der Waals surface area contributed by atoms with Crippen molar-refractivity contribution in [1.29, 1.82) is 0 Å². The first-order valence-electron chi connectivity index (χ1n) is 8.40. The van der Waals surface area contributed by atoms with Crippen molar-refractivity contribution in [3.8, 4) is 0 Å². The van der Waals surface area contributed by atoms with E-state index in [0.717, 1.165) is 5.56 Å². The van der Waals surface area contributed by atoms with Crippen molar-refractivity contribution in [1.82, 2.24) is 9.29 Å². The van der Waals surface area contributed by atoms with Crippen molar-refractivity contribution in [2.24, 2.45) is 0 Å². The highest BCUT2D eigenvalue weighted by Crippen LogP contribution is 2.34. The fraction of sp³-hybridized carbons (Fsp3) is 0.0476. The summed E-state index contributed by atoms with van der Waals surface area (Å²) in [6, 6.07) is 20.8. The summed E-state index contributed by atoms with van der Waals surface area (Å²) in [5.41, 5.74) is 1.59. The average molecular weight is 376 g/mol. The topological polar surface area (TPSA) is 67.3 Å². The quantitative estimate of drug-likeness (QED) is 0.656. The third-order valence-electron chi connectivity index (χ3n) is 4.34. The number of hydrogen-bond acceptors (Lipinski definition) is 4. The molecule has 6 heteroatoms. The van der Waals surface area contributed by atoms with Gasteiger partial charge < -0.3 is 0 Å². The number of carbonyl (C=O) groups is 1. The third kappa shape index (κ3) is 3.15. The van der Waals surface area contributed by atoms with Crippen LogP contribution < -0.4 is 0 Å². The summed E-state index contributed by atoms with van der Waals surface area (Å²) >= 11 is 0. The molecule has 3 aromatic rings. The van der Waals surface area contributed by atoms with E-state index in [2.05, 4.69) is 4.98 Å². The molecule has 0 bridgehead atoms. The first kappa shape index (κ1) is 17.2. The standard InChI is InChI=1S/C21H16N2O3S/c24-21-18-11-4-5-12-20(18)27(25,26)23(15-16-8-2-1-3-9-16)19(21)14-17-10-6-7-13-22-17/h1-14H,15H2. The van der Waals surface area contributed by atoms with Gasteiger partial charge in [-0.1, -0.05) is 48.5 Å². The molecule has 0 saturated heterocycles. The maximum absolute atomic E-state index is 13.3. The predicted molar refractivity (Wildman–Crippen MR) is 102 cm³/mol. The Balaban J connectivity index is 1.91. The molecule has 134 valence electrons. The Morgan fingerprint density at radius 1 is 0.889 bits per heavy atom. The van der Waals surface area contributed by atoms with Gasteiger partial charge in [0.1, 0.15) is 5.70 Å². The van der Waals surface area contributed by atoms with Crippen LogP contribution in [0.2, 0.25) is 0 Å². The Kier molecular flexibility index (Phi) is 4.33. The highest BCUT2D eigenvalue weighted by atomic mass is 32.2. The van der Waals surface area contributed by atoms with Crippen LogP contribution in [0.25, 0.3) is 6.08 Å². The normalized spacial score (nSPS) is 17.0. The van der Waals surface area contributed by atoms with Crippen molar-refractivity contribution in [3.63, 3.8) is 0 Å². The van der Waals surface area contributed by atoms with E-state index in [1.54, 1.807) is 42.6 Å². The van der Waals surface area contributed by atoms with Crippen molar-refractivity contribution < 1.29 is 13.2 Å². The second-order valence-corrected chi connectivity index (χ2v) is 7.94. The molecular formula is C21H16N2O3S. The zero-order valence-corrected chi connectivity index (χ0v) is 15.1. The third-order valence-corrected chi connectivity index (χ3v) is 6.16. The molecule has 0 N–H and O–H groups in total. The summed E-state index contributed by atoms with van der Waals surface area (Å²) in [6.07, 6.45) is 3.13. The molecule has 0 aliphatic carbocycles. The van der Waals surface area contributed by atoms with Gasteiger partial charge in [0, 0.05) is 11.8 Å². The Hall–Kier alpha value is -3.25. The maximum atomic E-state index is 13.3. The van der Waals surface area contributed by atoms with Crippen LogP contribution in [0.3, 0.4) is 0 Å². The molecule has 0 atom stereocenters. The number of Topliss-reactive ketones (excluding diaryl/α,β-unsaturated/α-hetero) is 1. The number of nitrogens with zero attached hydrogens (tertiary/aromatic N) is 2. The number of carbonyl (C=O) groups excluding carboxylic acids is 1. The van der Waals surface area contributed by atoms with E-state index in [0.29, 0.717) is 5.69 Å². The van der Waals surface area contributed by atoms with Crippen molar-refractivity contribution >= 4 is 21.9 Å². The number of rotatable bonds is 3. The van der Waals surface area contributed by atoms with E-state index >= 15 is 0 Å². The maximum Gasteiger partial charge on any atom is 0.265 e. The van der Waals surface area contributed by atoms with Crippen LogP contribution in [0.1, 0.15) is 21.6 Å². The van der Waals surface area contributed by atoms with Gasteiger partial charge in [0.2, 0.25) is 5.78 Å². The van der Waals surface area contributed by atoms with Crippen LogP contribution in [0.5, 0.6) is 0 Å². The van der Waals surface area contributed by atoms with Gasteiger partial charge in [-0.3, -0.25) is 14.1 Å². The summed E-state index contributed by atoms with van der Waals surface area (Å²) in [5.74, 6) is -0.331. The fourth-order valence-electron chi connectivity index (χ4n) is 3.04. The first-order valence-corrected chi connectivity index (χ1v) is 9.84. The van der Waals surface area contributed by atoms with Gasteiger partial charge in [-0.2, -0.15) is 0 Å². The lowest BCUT2D eigenvalue weighted by molar-refractivity contribution is 0.100. The van der Waals surface area contributed by atoms with Crippen LogP contribution >= 0.6 is 0 Å². The van der Waals surface area contributed by atoms with Gasteiger partial charge in [0.15, 0.2) is 0 Å². The van der Waals surface area contributed by atoms with Crippen LogP contribution in [0.4, 0.5) is 0 Å². The molecule has 0 saturated carbocycles. The largest absolute Gasteiger partial charge is 0.287 e. The second kappa shape index (κ2) is 6.81. The van der Waals surface area contributed by atoms with Gasteiger partial charge in [0.05, 0.1) is 17.1 Å². The molecule has 0 amide bonds. The van der Waals surface area contributed by atoms with E-state index < -0.39 is 10.0 Å². The fourth-order valence-corrected chi connectivity index (χ4v) is 4.68. The summed E-state index contributed by atoms with van der Waals surface area (Å²) < 4.78 is 27.7. The SMILES string of the molecule is O=C1C(=Cc2ccccn2)N(Cc2ccccc2)S(=O)(=O)c2ccccc21. The summed E-state index contributed by atoms with van der Waals surface area (Å²) in [5, 5.41) is 0. The molecule has 0 unspecified atom stereocenters. The predicted octanol–water partition coefficient (Wildman–Crippen LogP) is 3.51. The Morgan fingerprint density at radius 3 is 2.33 bits per heavy atom. The molecular weight excluding hydrogens is 360 g/mol. The molecule has 27 heavy (non-hydrogen) atoms. The van der Waals surface area contributed by atoms with E-state index in [1.165, 1.54) is 16.4 Å². The molecule has 1 aliphatic heterocycles. The summed E-state index contributed by atoms with van der Waals surface area (Å²) in [6.45, 7) is 0.0713. The van der Waals surface area contributed by atoms with Crippen molar-refractivity contribution in [3.05, 3.63) is 102 Å². The van der Waals surface area contributed by atoms with E-state index in [1.807, 2.05) is 30.3 Å². The Bertz CT molecular complexity index is 1120. The number of benzene rings is 2. The molecule has 2 heterocycles. The minimum atomic E-state index is -3.87.